The quantitative estimate of drug-likeness (QED) is 0.170. The Hall–Kier alpha value is -3.75. The van der Waals surface area contributed by atoms with Gasteiger partial charge in [0.2, 0.25) is 5.95 Å². The second kappa shape index (κ2) is 14.1. The highest BCUT2D eigenvalue weighted by molar-refractivity contribution is 6.33. The summed E-state index contributed by atoms with van der Waals surface area (Å²) in [4.78, 5) is 29.8. The first-order chi connectivity index (χ1) is 20.8. The average molecular weight is 614 g/mol. The molecule has 1 aromatic heterocycles. The van der Waals surface area contributed by atoms with Crippen molar-refractivity contribution in [1.29, 1.82) is 0 Å². The Kier molecular flexibility index (Phi) is 10.1. The number of aromatic hydroxyl groups is 1. The summed E-state index contributed by atoms with van der Waals surface area (Å²) in [5.74, 6) is -1.54. The third-order valence-corrected chi connectivity index (χ3v) is 7.94. The monoisotopic (exact) mass is 613 g/mol. The molecule has 3 aromatic rings. The van der Waals surface area contributed by atoms with E-state index in [9.17, 15) is 14.3 Å². The molecule has 12 nitrogen and oxygen atoms in total. The van der Waals surface area contributed by atoms with E-state index in [0.717, 1.165) is 44.6 Å². The topological polar surface area (TPSA) is 132 Å². The molecule has 14 heteroatoms. The van der Waals surface area contributed by atoms with Crippen molar-refractivity contribution in [2.75, 3.05) is 88.2 Å². The molecule has 2 aliphatic rings. The van der Waals surface area contributed by atoms with E-state index in [1.54, 1.807) is 4.90 Å². The number of hydrogen-bond donors (Lipinski definition) is 5. The highest BCUT2D eigenvalue weighted by Gasteiger charge is 2.22. The summed E-state index contributed by atoms with van der Waals surface area (Å²) in [6.45, 7) is 8.12. The van der Waals surface area contributed by atoms with Crippen molar-refractivity contribution >= 4 is 40.6 Å². The number of hydrazine groups is 1. The van der Waals surface area contributed by atoms with Crippen molar-refractivity contribution in [1.82, 2.24) is 30.1 Å². The molecule has 230 valence electrons. The van der Waals surface area contributed by atoms with Crippen molar-refractivity contribution < 1.29 is 19.4 Å². The molecular formula is C29H37ClFN9O3. The van der Waals surface area contributed by atoms with Crippen molar-refractivity contribution in [3.05, 3.63) is 64.6 Å². The van der Waals surface area contributed by atoms with E-state index in [2.05, 4.69) is 60.0 Å². The van der Waals surface area contributed by atoms with E-state index in [1.807, 2.05) is 12.1 Å². The van der Waals surface area contributed by atoms with Crippen molar-refractivity contribution in [3.63, 3.8) is 0 Å². The van der Waals surface area contributed by atoms with E-state index >= 15 is 0 Å². The first-order valence-electron chi connectivity index (χ1n) is 14.3. The largest absolute Gasteiger partial charge is 0.506 e. The number of halogens is 2. The maximum absolute atomic E-state index is 14.5. The highest BCUT2D eigenvalue weighted by atomic mass is 35.5. The summed E-state index contributed by atoms with van der Waals surface area (Å²) in [6, 6.07) is 11.1. The lowest BCUT2D eigenvalue weighted by molar-refractivity contribution is 0.0959. The zero-order chi connectivity index (χ0) is 30.3. The predicted octanol–water partition coefficient (Wildman–Crippen LogP) is 2.34. The summed E-state index contributed by atoms with van der Waals surface area (Å²) < 4.78 is 14.5. The number of likely N-dealkylation sites (N-methyl/N-ethyl adjacent to an activating group) is 1. The van der Waals surface area contributed by atoms with Gasteiger partial charge >= 0.3 is 0 Å². The number of amides is 1. The summed E-state index contributed by atoms with van der Waals surface area (Å²) in [5.41, 5.74) is 7.50. The molecule has 0 spiro atoms. The minimum absolute atomic E-state index is 0.00231. The Labute approximate surface area is 255 Å². The maximum atomic E-state index is 14.5. The minimum atomic E-state index is -0.683. The molecule has 5 rings (SSSR count). The lowest BCUT2D eigenvalue weighted by Gasteiger charge is -2.35. The molecule has 0 atom stereocenters. The Morgan fingerprint density at radius 2 is 1.70 bits per heavy atom. The van der Waals surface area contributed by atoms with Crippen molar-refractivity contribution in [2.45, 2.75) is 6.54 Å². The predicted molar refractivity (Wildman–Crippen MR) is 164 cm³/mol. The minimum Gasteiger partial charge on any atom is -0.506 e. The molecule has 2 saturated heterocycles. The number of phenols is 1. The highest BCUT2D eigenvalue weighted by Crippen LogP contribution is 2.32. The fraction of sp³-hybridized carbons (Fsp3) is 0.414. The summed E-state index contributed by atoms with van der Waals surface area (Å²) in [5, 5.41) is 22.9. The van der Waals surface area contributed by atoms with E-state index in [-0.39, 0.29) is 34.7 Å². The molecule has 0 radical (unpaired) electrons. The van der Waals surface area contributed by atoms with Crippen LogP contribution in [0.3, 0.4) is 0 Å². The third kappa shape index (κ3) is 8.00. The Morgan fingerprint density at radius 3 is 2.40 bits per heavy atom. The van der Waals surface area contributed by atoms with Crippen molar-refractivity contribution in [2.24, 2.45) is 0 Å². The Balaban J connectivity index is 1.20. The SMILES string of the molecule is CN1CCN(Cc2ccc(Nc3cc(Cl)c(O)c(C(=O)NNc4ncc(F)c(N5CCN(CCO)CC5)n4)c3)cc2)CC1. The van der Waals surface area contributed by atoms with E-state index in [0.29, 0.717) is 38.4 Å². The van der Waals surface area contributed by atoms with Crippen LogP contribution in [-0.2, 0) is 6.54 Å². The van der Waals surface area contributed by atoms with Crippen LogP contribution in [0, 0.1) is 5.82 Å². The smallest absolute Gasteiger partial charge is 0.273 e. The van der Waals surface area contributed by atoms with Gasteiger partial charge in [-0.3, -0.25) is 25.4 Å². The molecule has 2 aliphatic heterocycles. The van der Waals surface area contributed by atoms with E-state index in [1.165, 1.54) is 17.7 Å². The molecule has 0 saturated carbocycles. The summed E-state index contributed by atoms with van der Waals surface area (Å²) in [6.07, 6.45) is 1.03. The van der Waals surface area contributed by atoms with E-state index in [4.69, 9.17) is 16.7 Å². The van der Waals surface area contributed by atoms with Gasteiger partial charge in [-0.1, -0.05) is 23.7 Å². The molecular weight excluding hydrogens is 577 g/mol. The number of phenolic OH excluding ortho intramolecular Hbond substituents is 1. The molecule has 0 aliphatic carbocycles. The van der Waals surface area contributed by atoms with Crippen LogP contribution >= 0.6 is 11.6 Å². The van der Waals surface area contributed by atoms with Crippen molar-refractivity contribution in [3.8, 4) is 5.75 Å². The second-order valence-electron chi connectivity index (χ2n) is 10.8. The van der Waals surface area contributed by atoms with Gasteiger partial charge in [0.1, 0.15) is 5.75 Å². The number of hydrogen-bond acceptors (Lipinski definition) is 11. The Bertz CT molecular complexity index is 1400. The number of nitrogens with one attached hydrogen (secondary N) is 3. The van der Waals surface area contributed by atoms with Crippen LogP contribution in [0.1, 0.15) is 15.9 Å². The first-order valence-corrected chi connectivity index (χ1v) is 14.6. The number of β-amino-alcohol motifs (C(OH)–C–C–N with tert-alkyl or cyclic N) is 1. The van der Waals surface area contributed by atoms with Gasteiger partial charge in [-0.25, -0.2) is 9.37 Å². The lowest BCUT2D eigenvalue weighted by Crippen LogP contribution is -2.47. The number of aliphatic hydroxyl groups excluding tert-OH is 1. The van der Waals surface area contributed by atoms with Crippen LogP contribution in [0.25, 0.3) is 0 Å². The number of carbonyl (C=O) groups excluding carboxylic acids is 1. The standard InChI is InChI=1S/C29H37ClFN9O3/c1-37-6-8-39(9-7-37)19-20-2-4-21(5-3-20)33-22-16-23(26(42)24(30)17-22)28(43)35-36-29-32-18-25(31)27(34-29)40-12-10-38(11-13-40)14-15-41/h2-5,16-18,33,41-42H,6-15,19H2,1H3,(H,35,43)(H,32,34,36). The normalized spacial score (nSPS) is 16.7. The zero-order valence-corrected chi connectivity index (χ0v) is 24.8. The lowest BCUT2D eigenvalue weighted by atomic mass is 10.1. The first kappa shape index (κ1) is 30.7. The number of anilines is 4. The van der Waals surface area contributed by atoms with E-state index < -0.39 is 11.7 Å². The molecule has 5 N–H and O–H groups in total. The van der Waals surface area contributed by atoms with Crippen LogP contribution in [0.15, 0.2) is 42.6 Å². The van der Waals surface area contributed by atoms with Crippen LogP contribution in [0.5, 0.6) is 5.75 Å². The van der Waals surface area contributed by atoms with Crippen LogP contribution < -0.4 is 21.1 Å². The maximum Gasteiger partial charge on any atom is 0.273 e. The third-order valence-electron chi connectivity index (χ3n) is 7.65. The Morgan fingerprint density at radius 1 is 1.00 bits per heavy atom. The second-order valence-corrected chi connectivity index (χ2v) is 11.2. The van der Waals surface area contributed by atoms with Crippen LogP contribution in [-0.4, -0.2) is 113 Å². The van der Waals surface area contributed by atoms with Crippen LogP contribution in [0.2, 0.25) is 5.02 Å². The molecule has 0 unspecified atom stereocenters. The number of carbonyl (C=O) groups is 1. The van der Waals surface area contributed by atoms with Gasteiger partial charge in [0.15, 0.2) is 11.6 Å². The number of benzene rings is 2. The number of aromatic nitrogens is 2. The van der Waals surface area contributed by atoms with Gasteiger partial charge in [-0.05, 0) is 36.9 Å². The van der Waals surface area contributed by atoms with Gasteiger partial charge in [0.05, 0.1) is 23.4 Å². The fourth-order valence-electron chi connectivity index (χ4n) is 5.11. The molecule has 2 aromatic carbocycles. The molecule has 1 amide bonds. The van der Waals surface area contributed by atoms with Gasteiger partial charge in [-0.2, -0.15) is 4.98 Å². The number of nitrogens with zero attached hydrogens (tertiary/aromatic N) is 6. The van der Waals surface area contributed by atoms with Gasteiger partial charge in [0.25, 0.3) is 5.91 Å². The number of piperazine rings is 2. The number of rotatable bonds is 10. The molecule has 0 bridgehead atoms. The number of aliphatic hydroxyl groups is 1. The average Bonchev–Trinajstić information content (AvgIpc) is 3.01. The van der Waals surface area contributed by atoms with Gasteiger partial charge < -0.3 is 25.3 Å². The molecule has 2 fully saturated rings. The molecule has 3 heterocycles. The summed E-state index contributed by atoms with van der Waals surface area (Å²) in [7, 11) is 2.14. The van der Waals surface area contributed by atoms with Gasteiger partial charge in [0, 0.05) is 76.8 Å². The van der Waals surface area contributed by atoms with Crippen LogP contribution in [0.4, 0.5) is 27.5 Å². The fourth-order valence-corrected chi connectivity index (χ4v) is 5.33. The summed E-state index contributed by atoms with van der Waals surface area (Å²) >= 11 is 6.26. The van der Waals surface area contributed by atoms with Gasteiger partial charge in [-0.15, -0.1) is 0 Å². The molecule has 43 heavy (non-hydrogen) atoms. The zero-order valence-electron chi connectivity index (χ0n) is 24.1.